The van der Waals surface area contributed by atoms with Gasteiger partial charge in [0.25, 0.3) is 0 Å². The number of hydrogen-bond acceptors (Lipinski definition) is 6. The lowest BCUT2D eigenvalue weighted by Crippen LogP contribution is -2.11. The molecule has 0 atom stereocenters. The zero-order valence-corrected chi connectivity index (χ0v) is 10.8. The average Bonchev–Trinajstić information content (AvgIpc) is 2.77. The van der Waals surface area contributed by atoms with Gasteiger partial charge in [-0.3, -0.25) is 5.10 Å². The molecule has 0 aliphatic rings. The standard InChI is InChI=1S/C10H13ClN6O/c1-6(2)18-10-16-8(11)15-9(17-10)12-3-7-4-13-14-5-7/h4-6H,3H2,1-2H3,(H,13,14)(H,12,15,16,17). The van der Waals surface area contributed by atoms with Gasteiger partial charge in [0.15, 0.2) is 0 Å². The van der Waals surface area contributed by atoms with Gasteiger partial charge in [0.2, 0.25) is 11.2 Å². The Morgan fingerprint density at radius 1 is 1.39 bits per heavy atom. The van der Waals surface area contributed by atoms with Crippen molar-refractivity contribution in [3.05, 3.63) is 23.2 Å². The Bertz CT molecular complexity index is 501. The van der Waals surface area contributed by atoms with Crippen LogP contribution in [0.15, 0.2) is 12.4 Å². The van der Waals surface area contributed by atoms with Gasteiger partial charge >= 0.3 is 6.01 Å². The molecule has 2 aromatic heterocycles. The van der Waals surface area contributed by atoms with Crippen LogP contribution >= 0.6 is 11.6 Å². The van der Waals surface area contributed by atoms with Crippen molar-refractivity contribution >= 4 is 17.5 Å². The van der Waals surface area contributed by atoms with Crippen LogP contribution in [0.2, 0.25) is 5.28 Å². The van der Waals surface area contributed by atoms with Crippen LogP contribution in [0.5, 0.6) is 6.01 Å². The third kappa shape index (κ3) is 3.56. The minimum absolute atomic E-state index is 0.0230. The van der Waals surface area contributed by atoms with Gasteiger partial charge in [-0.25, -0.2) is 0 Å². The molecule has 0 bridgehead atoms. The Morgan fingerprint density at radius 3 is 2.89 bits per heavy atom. The highest BCUT2D eigenvalue weighted by atomic mass is 35.5. The molecule has 0 unspecified atom stereocenters. The maximum atomic E-state index is 5.79. The van der Waals surface area contributed by atoms with E-state index in [-0.39, 0.29) is 17.4 Å². The minimum atomic E-state index is -0.0230. The van der Waals surface area contributed by atoms with Crippen LogP contribution < -0.4 is 10.1 Å². The third-order valence-corrected chi connectivity index (χ3v) is 2.10. The summed E-state index contributed by atoms with van der Waals surface area (Å²) in [4.78, 5) is 11.9. The second-order valence-corrected chi connectivity index (χ2v) is 4.18. The SMILES string of the molecule is CC(C)Oc1nc(Cl)nc(NCc2cn[nH]c2)n1. The van der Waals surface area contributed by atoms with E-state index < -0.39 is 0 Å². The maximum Gasteiger partial charge on any atom is 0.322 e. The molecule has 0 fully saturated rings. The van der Waals surface area contributed by atoms with Crippen molar-refractivity contribution in [2.75, 3.05) is 5.32 Å². The number of nitrogens with zero attached hydrogens (tertiary/aromatic N) is 4. The molecule has 0 saturated heterocycles. The summed E-state index contributed by atoms with van der Waals surface area (Å²) in [6, 6.07) is 0.208. The molecular weight excluding hydrogens is 256 g/mol. The molecule has 0 radical (unpaired) electrons. The molecule has 0 aliphatic heterocycles. The number of rotatable bonds is 5. The Labute approximate surface area is 109 Å². The molecule has 0 aromatic carbocycles. The Hall–Kier alpha value is -1.89. The maximum absolute atomic E-state index is 5.79. The van der Waals surface area contributed by atoms with E-state index in [1.165, 1.54) is 0 Å². The smallest absolute Gasteiger partial charge is 0.322 e. The van der Waals surface area contributed by atoms with Crippen molar-refractivity contribution < 1.29 is 4.74 Å². The Balaban J connectivity index is 2.05. The van der Waals surface area contributed by atoms with Gasteiger partial charge in [0.05, 0.1) is 12.3 Å². The lowest BCUT2D eigenvalue weighted by atomic mass is 10.4. The largest absolute Gasteiger partial charge is 0.461 e. The molecule has 0 saturated carbocycles. The number of aromatic nitrogens is 5. The van der Waals surface area contributed by atoms with Crippen LogP contribution in [0.4, 0.5) is 5.95 Å². The number of hydrogen-bond donors (Lipinski definition) is 2. The van der Waals surface area contributed by atoms with Crippen molar-refractivity contribution in [2.24, 2.45) is 0 Å². The van der Waals surface area contributed by atoms with Gasteiger partial charge in [-0.1, -0.05) is 0 Å². The van der Waals surface area contributed by atoms with Crippen LogP contribution in [0.3, 0.4) is 0 Å². The van der Waals surface area contributed by atoms with E-state index in [9.17, 15) is 0 Å². The average molecular weight is 269 g/mol. The zero-order chi connectivity index (χ0) is 13.0. The second kappa shape index (κ2) is 5.63. The van der Waals surface area contributed by atoms with E-state index in [0.29, 0.717) is 12.5 Å². The first-order chi connectivity index (χ1) is 8.63. The lowest BCUT2D eigenvalue weighted by Gasteiger charge is -2.09. The molecule has 7 nitrogen and oxygen atoms in total. The summed E-state index contributed by atoms with van der Waals surface area (Å²) >= 11 is 5.79. The molecule has 2 heterocycles. The molecule has 2 N–H and O–H groups in total. The number of nitrogens with one attached hydrogen (secondary N) is 2. The van der Waals surface area contributed by atoms with Crippen molar-refractivity contribution in [2.45, 2.75) is 26.5 Å². The first-order valence-electron chi connectivity index (χ1n) is 5.43. The molecule has 2 rings (SSSR count). The highest BCUT2D eigenvalue weighted by Gasteiger charge is 2.07. The number of ether oxygens (including phenoxy) is 1. The number of aromatic amines is 1. The normalized spacial score (nSPS) is 10.7. The van der Waals surface area contributed by atoms with Gasteiger partial charge in [-0.05, 0) is 25.4 Å². The summed E-state index contributed by atoms with van der Waals surface area (Å²) in [5.74, 6) is 0.367. The number of halogens is 1. The molecule has 0 spiro atoms. The topological polar surface area (TPSA) is 88.6 Å². The fraction of sp³-hybridized carbons (Fsp3) is 0.400. The molecule has 0 amide bonds. The number of H-pyrrole nitrogens is 1. The van der Waals surface area contributed by atoms with E-state index in [1.807, 2.05) is 13.8 Å². The van der Waals surface area contributed by atoms with E-state index in [0.717, 1.165) is 5.56 Å². The van der Waals surface area contributed by atoms with Crippen molar-refractivity contribution in [1.82, 2.24) is 25.1 Å². The molecular formula is C10H13ClN6O. The van der Waals surface area contributed by atoms with Crippen LogP contribution in [0.1, 0.15) is 19.4 Å². The van der Waals surface area contributed by atoms with E-state index in [1.54, 1.807) is 12.4 Å². The van der Waals surface area contributed by atoms with Gasteiger partial charge < -0.3 is 10.1 Å². The fourth-order valence-electron chi connectivity index (χ4n) is 1.23. The van der Waals surface area contributed by atoms with E-state index in [2.05, 4.69) is 30.5 Å². The van der Waals surface area contributed by atoms with E-state index in [4.69, 9.17) is 16.3 Å². The highest BCUT2D eigenvalue weighted by molar-refractivity contribution is 6.28. The first kappa shape index (κ1) is 12.6. The molecule has 2 aromatic rings. The van der Waals surface area contributed by atoms with Crippen molar-refractivity contribution in [1.29, 1.82) is 0 Å². The summed E-state index contributed by atoms with van der Waals surface area (Å²) in [7, 11) is 0. The van der Waals surface area contributed by atoms with Crippen molar-refractivity contribution in [3.8, 4) is 6.01 Å². The van der Waals surface area contributed by atoms with Crippen LogP contribution in [-0.4, -0.2) is 31.3 Å². The summed E-state index contributed by atoms with van der Waals surface area (Å²) in [6.07, 6.45) is 3.47. The molecule has 0 aliphatic carbocycles. The Morgan fingerprint density at radius 2 is 2.22 bits per heavy atom. The summed E-state index contributed by atoms with van der Waals surface area (Å²) < 4.78 is 5.37. The van der Waals surface area contributed by atoms with Crippen LogP contribution in [0.25, 0.3) is 0 Å². The quantitative estimate of drug-likeness (QED) is 0.857. The van der Waals surface area contributed by atoms with Gasteiger partial charge in [0.1, 0.15) is 0 Å². The summed E-state index contributed by atoms with van der Waals surface area (Å²) in [5.41, 5.74) is 0.984. The Kier molecular flexibility index (Phi) is 3.93. The summed E-state index contributed by atoms with van der Waals surface area (Å²) in [6.45, 7) is 4.31. The zero-order valence-electron chi connectivity index (χ0n) is 10.0. The predicted molar refractivity (Wildman–Crippen MR) is 66.5 cm³/mol. The molecule has 18 heavy (non-hydrogen) atoms. The molecule has 96 valence electrons. The monoisotopic (exact) mass is 268 g/mol. The van der Waals surface area contributed by atoms with E-state index >= 15 is 0 Å². The fourth-order valence-corrected chi connectivity index (χ4v) is 1.38. The lowest BCUT2D eigenvalue weighted by molar-refractivity contribution is 0.222. The van der Waals surface area contributed by atoms with Crippen LogP contribution in [0, 0.1) is 0 Å². The van der Waals surface area contributed by atoms with Crippen molar-refractivity contribution in [3.63, 3.8) is 0 Å². The van der Waals surface area contributed by atoms with Crippen LogP contribution in [-0.2, 0) is 6.54 Å². The summed E-state index contributed by atoms with van der Waals surface area (Å²) in [5, 5.41) is 9.67. The highest BCUT2D eigenvalue weighted by Crippen LogP contribution is 2.13. The van der Waals surface area contributed by atoms with Gasteiger partial charge in [0, 0.05) is 18.3 Å². The number of anilines is 1. The third-order valence-electron chi connectivity index (χ3n) is 1.93. The first-order valence-corrected chi connectivity index (χ1v) is 5.81. The van der Waals surface area contributed by atoms with Gasteiger partial charge in [-0.2, -0.15) is 20.1 Å². The predicted octanol–water partition coefficient (Wildman–Crippen LogP) is 1.65. The van der Waals surface area contributed by atoms with Gasteiger partial charge in [-0.15, -0.1) is 0 Å². The second-order valence-electron chi connectivity index (χ2n) is 3.84. The molecule has 8 heteroatoms. The minimum Gasteiger partial charge on any atom is -0.461 e.